The van der Waals surface area contributed by atoms with Crippen LogP contribution in [0.3, 0.4) is 0 Å². The molecule has 0 bridgehead atoms. The van der Waals surface area contributed by atoms with Crippen molar-refractivity contribution in [3.63, 3.8) is 0 Å². The third kappa shape index (κ3) is 3.99. The molecule has 0 amide bonds. The fourth-order valence-corrected chi connectivity index (χ4v) is 3.22. The van der Waals surface area contributed by atoms with E-state index in [4.69, 9.17) is 34.8 Å². The van der Waals surface area contributed by atoms with Gasteiger partial charge in [0.2, 0.25) is 5.13 Å². The maximum absolute atomic E-state index is 9.86. The van der Waals surface area contributed by atoms with E-state index in [0.29, 0.717) is 20.7 Å². The number of nitrogens with one attached hydrogen (secondary N) is 1. The van der Waals surface area contributed by atoms with Crippen molar-refractivity contribution in [1.29, 1.82) is 0 Å². The van der Waals surface area contributed by atoms with Crippen molar-refractivity contribution in [3.8, 4) is 17.0 Å². The first-order chi connectivity index (χ1) is 11.5. The summed E-state index contributed by atoms with van der Waals surface area (Å²) < 4.78 is 0. The summed E-state index contributed by atoms with van der Waals surface area (Å²) in [5, 5.41) is 17.7. The smallest absolute Gasteiger partial charge is 0.203 e. The van der Waals surface area contributed by atoms with E-state index in [-0.39, 0.29) is 10.8 Å². The van der Waals surface area contributed by atoms with Crippen LogP contribution in [-0.2, 0) is 0 Å². The molecule has 0 atom stereocenters. The summed E-state index contributed by atoms with van der Waals surface area (Å²) in [4.78, 5) is 4.43. The molecule has 0 aliphatic rings. The molecular formula is C16H10Cl3N3OS. The number of aromatic nitrogens is 1. The van der Waals surface area contributed by atoms with E-state index >= 15 is 0 Å². The van der Waals surface area contributed by atoms with Crippen LogP contribution in [0.15, 0.2) is 46.9 Å². The Labute approximate surface area is 157 Å². The minimum Gasteiger partial charge on any atom is -0.506 e. The van der Waals surface area contributed by atoms with Gasteiger partial charge in [0, 0.05) is 26.6 Å². The van der Waals surface area contributed by atoms with Gasteiger partial charge in [-0.3, -0.25) is 5.43 Å². The van der Waals surface area contributed by atoms with Crippen LogP contribution in [-0.4, -0.2) is 16.3 Å². The summed E-state index contributed by atoms with van der Waals surface area (Å²) in [5.41, 5.74) is 5.01. The standard InChI is InChI=1S/C16H10Cl3N3OS/c17-11-3-1-9(2-4-11)14-8-24-16(21-14)22-20-7-10-5-12(18)6-13(19)15(10)23/h1-8,23H,(H,21,22)/b20-7+. The first-order valence-corrected chi connectivity index (χ1v) is 8.73. The van der Waals surface area contributed by atoms with E-state index in [0.717, 1.165) is 11.3 Å². The third-order valence-electron chi connectivity index (χ3n) is 3.07. The van der Waals surface area contributed by atoms with Gasteiger partial charge in [-0.1, -0.05) is 46.9 Å². The van der Waals surface area contributed by atoms with Gasteiger partial charge in [-0.15, -0.1) is 11.3 Å². The molecule has 1 aromatic heterocycles. The number of hydrogen-bond donors (Lipinski definition) is 2. The Morgan fingerprint density at radius 2 is 1.83 bits per heavy atom. The molecule has 0 saturated heterocycles. The Morgan fingerprint density at radius 3 is 2.58 bits per heavy atom. The second-order valence-corrected chi connectivity index (χ2v) is 6.88. The maximum Gasteiger partial charge on any atom is 0.203 e. The Balaban J connectivity index is 1.73. The second kappa shape index (κ2) is 7.40. The highest BCUT2D eigenvalue weighted by Crippen LogP contribution is 2.30. The normalized spacial score (nSPS) is 11.1. The predicted molar refractivity (Wildman–Crippen MR) is 102 cm³/mol. The van der Waals surface area contributed by atoms with Crippen LogP contribution in [0.5, 0.6) is 5.75 Å². The first-order valence-electron chi connectivity index (χ1n) is 6.71. The van der Waals surface area contributed by atoms with Gasteiger partial charge >= 0.3 is 0 Å². The fourth-order valence-electron chi connectivity index (χ4n) is 1.92. The lowest BCUT2D eigenvalue weighted by atomic mass is 10.2. The topological polar surface area (TPSA) is 57.5 Å². The van der Waals surface area contributed by atoms with Crippen molar-refractivity contribution in [3.05, 3.63) is 62.4 Å². The molecule has 2 N–H and O–H groups in total. The summed E-state index contributed by atoms with van der Waals surface area (Å²) in [7, 11) is 0. The maximum atomic E-state index is 9.86. The quantitative estimate of drug-likeness (QED) is 0.423. The molecule has 122 valence electrons. The molecule has 0 unspecified atom stereocenters. The molecule has 3 aromatic rings. The van der Waals surface area contributed by atoms with Gasteiger partial charge in [-0.05, 0) is 24.3 Å². The van der Waals surface area contributed by atoms with Crippen molar-refractivity contribution >= 4 is 57.5 Å². The number of phenolic OH excluding ortho intramolecular Hbond substituents is 1. The lowest BCUT2D eigenvalue weighted by Crippen LogP contribution is -1.91. The fraction of sp³-hybridized carbons (Fsp3) is 0. The van der Waals surface area contributed by atoms with Crippen molar-refractivity contribution in [1.82, 2.24) is 4.98 Å². The van der Waals surface area contributed by atoms with Crippen LogP contribution >= 0.6 is 46.1 Å². The molecule has 0 aliphatic carbocycles. The van der Waals surface area contributed by atoms with E-state index in [1.165, 1.54) is 23.6 Å². The van der Waals surface area contributed by atoms with Crippen LogP contribution in [0.4, 0.5) is 5.13 Å². The zero-order valence-electron chi connectivity index (χ0n) is 12.0. The van der Waals surface area contributed by atoms with Crippen molar-refractivity contribution in [2.24, 2.45) is 5.10 Å². The molecule has 24 heavy (non-hydrogen) atoms. The summed E-state index contributed by atoms with van der Waals surface area (Å²) in [6.45, 7) is 0. The number of phenols is 1. The highest BCUT2D eigenvalue weighted by molar-refractivity contribution is 7.14. The number of benzene rings is 2. The summed E-state index contributed by atoms with van der Waals surface area (Å²) in [5.74, 6) is -0.0763. The zero-order chi connectivity index (χ0) is 17.1. The Morgan fingerprint density at radius 1 is 1.08 bits per heavy atom. The predicted octanol–water partition coefficient (Wildman–Crippen LogP) is 5.92. The van der Waals surface area contributed by atoms with E-state index < -0.39 is 0 Å². The highest BCUT2D eigenvalue weighted by atomic mass is 35.5. The van der Waals surface area contributed by atoms with Gasteiger partial charge in [-0.2, -0.15) is 5.10 Å². The number of thiazole rings is 1. The number of rotatable bonds is 4. The number of halogens is 3. The monoisotopic (exact) mass is 397 g/mol. The van der Waals surface area contributed by atoms with E-state index in [2.05, 4.69) is 15.5 Å². The molecule has 3 rings (SSSR count). The Hall–Kier alpha value is -1.79. The second-order valence-electron chi connectivity index (χ2n) is 4.74. The third-order valence-corrected chi connectivity index (χ3v) is 4.57. The molecule has 0 fully saturated rings. The first kappa shape index (κ1) is 17.0. The summed E-state index contributed by atoms with van der Waals surface area (Å²) in [6.07, 6.45) is 1.43. The van der Waals surface area contributed by atoms with Crippen LogP contribution < -0.4 is 5.43 Å². The van der Waals surface area contributed by atoms with Gasteiger partial charge < -0.3 is 5.11 Å². The molecule has 0 radical (unpaired) electrons. The van der Waals surface area contributed by atoms with Crippen LogP contribution in [0, 0.1) is 0 Å². The summed E-state index contributed by atoms with van der Waals surface area (Å²) >= 11 is 19.1. The van der Waals surface area contributed by atoms with Crippen molar-refractivity contribution < 1.29 is 5.11 Å². The average Bonchev–Trinajstić information content (AvgIpc) is 3.01. The summed E-state index contributed by atoms with van der Waals surface area (Å²) in [6, 6.07) is 10.4. The van der Waals surface area contributed by atoms with Gasteiger partial charge in [0.25, 0.3) is 0 Å². The van der Waals surface area contributed by atoms with Crippen LogP contribution in [0.1, 0.15) is 5.56 Å². The number of anilines is 1. The lowest BCUT2D eigenvalue weighted by molar-refractivity contribution is 0.475. The molecule has 0 aliphatic heterocycles. The zero-order valence-corrected chi connectivity index (χ0v) is 15.1. The average molecular weight is 399 g/mol. The molecule has 2 aromatic carbocycles. The van der Waals surface area contributed by atoms with Gasteiger partial charge in [0.15, 0.2) is 0 Å². The van der Waals surface area contributed by atoms with Crippen LogP contribution in [0.2, 0.25) is 15.1 Å². The van der Waals surface area contributed by atoms with Gasteiger partial charge in [0.05, 0.1) is 16.9 Å². The number of aromatic hydroxyl groups is 1. The number of hydrazone groups is 1. The SMILES string of the molecule is Oc1c(Cl)cc(Cl)cc1/C=N/Nc1nc(-c2ccc(Cl)cc2)cs1. The minimum absolute atomic E-state index is 0.0763. The van der Waals surface area contributed by atoms with E-state index in [1.807, 2.05) is 29.6 Å². The highest BCUT2D eigenvalue weighted by Gasteiger charge is 2.07. The molecule has 1 heterocycles. The lowest BCUT2D eigenvalue weighted by Gasteiger charge is -2.02. The minimum atomic E-state index is -0.0763. The van der Waals surface area contributed by atoms with Crippen molar-refractivity contribution in [2.75, 3.05) is 5.43 Å². The molecular weight excluding hydrogens is 389 g/mol. The number of hydrogen-bond acceptors (Lipinski definition) is 5. The van der Waals surface area contributed by atoms with E-state index in [9.17, 15) is 5.11 Å². The Bertz CT molecular complexity index is 894. The van der Waals surface area contributed by atoms with Crippen LogP contribution in [0.25, 0.3) is 11.3 Å². The Kier molecular flexibility index (Phi) is 5.26. The van der Waals surface area contributed by atoms with Gasteiger partial charge in [-0.25, -0.2) is 4.98 Å². The molecule has 0 spiro atoms. The van der Waals surface area contributed by atoms with E-state index in [1.54, 1.807) is 6.07 Å². The largest absolute Gasteiger partial charge is 0.506 e. The van der Waals surface area contributed by atoms with Crippen molar-refractivity contribution in [2.45, 2.75) is 0 Å². The van der Waals surface area contributed by atoms with Gasteiger partial charge in [0.1, 0.15) is 5.75 Å². The number of nitrogens with zero attached hydrogens (tertiary/aromatic N) is 2. The molecule has 8 heteroatoms. The molecule has 4 nitrogen and oxygen atoms in total. The molecule has 0 saturated carbocycles.